The number of fused-ring (bicyclic) bond motifs is 1. The fraction of sp³-hybridized carbons (Fsp3) is 0.571. The quantitative estimate of drug-likeness (QED) is 0.734. The lowest BCUT2D eigenvalue weighted by Gasteiger charge is -2.14. The third kappa shape index (κ3) is 1.19. The normalized spacial score (nSPS) is 15.5. The molecular formula is C7H8FIN2O. The van der Waals surface area contributed by atoms with Gasteiger partial charge >= 0.3 is 0 Å². The van der Waals surface area contributed by atoms with Crippen molar-refractivity contribution >= 4 is 22.6 Å². The Morgan fingerprint density at radius 3 is 3.17 bits per heavy atom. The Kier molecular flexibility index (Phi) is 2.20. The SMILES string of the molecule is FCc1nn2c(c1I)OCCC2. The van der Waals surface area contributed by atoms with Gasteiger partial charge in [-0.1, -0.05) is 0 Å². The summed E-state index contributed by atoms with van der Waals surface area (Å²) in [6.45, 7) is 1.04. The molecule has 0 spiro atoms. The molecule has 0 aliphatic carbocycles. The molecule has 12 heavy (non-hydrogen) atoms. The molecule has 0 saturated heterocycles. The van der Waals surface area contributed by atoms with Gasteiger partial charge in [-0.25, -0.2) is 9.07 Å². The van der Waals surface area contributed by atoms with Crippen molar-refractivity contribution in [1.29, 1.82) is 0 Å². The lowest BCUT2D eigenvalue weighted by molar-refractivity contribution is 0.228. The van der Waals surface area contributed by atoms with Crippen LogP contribution in [0.25, 0.3) is 0 Å². The first kappa shape index (κ1) is 8.28. The Labute approximate surface area is 83.0 Å². The van der Waals surface area contributed by atoms with Crippen molar-refractivity contribution < 1.29 is 9.13 Å². The van der Waals surface area contributed by atoms with Gasteiger partial charge in [0.1, 0.15) is 15.9 Å². The topological polar surface area (TPSA) is 27.1 Å². The van der Waals surface area contributed by atoms with Crippen molar-refractivity contribution in [1.82, 2.24) is 9.78 Å². The Morgan fingerprint density at radius 1 is 1.67 bits per heavy atom. The molecule has 2 heterocycles. The highest BCUT2D eigenvalue weighted by Crippen LogP contribution is 2.27. The van der Waals surface area contributed by atoms with E-state index in [-0.39, 0.29) is 0 Å². The summed E-state index contributed by atoms with van der Waals surface area (Å²) in [5.74, 6) is 0.731. The van der Waals surface area contributed by atoms with Crippen LogP contribution in [0.5, 0.6) is 5.88 Å². The molecule has 0 N–H and O–H groups in total. The second-order valence-electron chi connectivity index (χ2n) is 2.62. The maximum atomic E-state index is 12.3. The first-order valence-corrected chi connectivity index (χ1v) is 4.84. The first-order valence-electron chi connectivity index (χ1n) is 3.77. The Bertz CT molecular complexity index is 300. The van der Waals surface area contributed by atoms with Gasteiger partial charge < -0.3 is 4.74 Å². The van der Waals surface area contributed by atoms with E-state index in [1.807, 2.05) is 0 Å². The third-order valence-electron chi connectivity index (χ3n) is 1.80. The van der Waals surface area contributed by atoms with Crippen molar-refractivity contribution in [3.05, 3.63) is 9.26 Å². The zero-order valence-electron chi connectivity index (χ0n) is 6.39. The minimum atomic E-state index is -0.512. The highest BCUT2D eigenvalue weighted by atomic mass is 127. The summed E-state index contributed by atoms with van der Waals surface area (Å²) < 4.78 is 20.3. The molecule has 0 atom stereocenters. The van der Waals surface area contributed by atoms with Gasteiger partial charge in [0.25, 0.3) is 0 Å². The van der Waals surface area contributed by atoms with Crippen LogP contribution < -0.4 is 4.74 Å². The molecular weight excluding hydrogens is 274 g/mol. The largest absolute Gasteiger partial charge is 0.477 e. The molecule has 1 aliphatic heterocycles. The zero-order chi connectivity index (χ0) is 8.55. The van der Waals surface area contributed by atoms with Crippen molar-refractivity contribution in [3.8, 4) is 5.88 Å². The average Bonchev–Trinajstić information content (AvgIpc) is 2.44. The molecule has 1 aromatic heterocycles. The summed E-state index contributed by atoms with van der Waals surface area (Å²) in [5, 5.41) is 4.08. The van der Waals surface area contributed by atoms with E-state index in [4.69, 9.17) is 4.74 Å². The fourth-order valence-electron chi connectivity index (χ4n) is 1.23. The van der Waals surface area contributed by atoms with E-state index >= 15 is 0 Å². The maximum absolute atomic E-state index is 12.3. The Hall–Kier alpha value is -0.330. The predicted octanol–water partition coefficient (Wildman–Crippen LogP) is 1.74. The number of rotatable bonds is 1. The first-order chi connectivity index (χ1) is 5.83. The van der Waals surface area contributed by atoms with E-state index in [9.17, 15) is 4.39 Å². The van der Waals surface area contributed by atoms with E-state index in [2.05, 4.69) is 27.7 Å². The molecule has 5 heteroatoms. The van der Waals surface area contributed by atoms with Crippen LogP contribution in [0.15, 0.2) is 0 Å². The molecule has 2 rings (SSSR count). The lowest BCUT2D eigenvalue weighted by Crippen LogP contribution is -2.14. The van der Waals surface area contributed by atoms with Gasteiger partial charge in [-0.15, -0.1) is 0 Å². The Balaban J connectivity index is 2.44. The van der Waals surface area contributed by atoms with Crippen LogP contribution in [0.2, 0.25) is 0 Å². The summed E-state index contributed by atoms with van der Waals surface area (Å²) >= 11 is 2.07. The molecule has 0 bridgehead atoms. The van der Waals surface area contributed by atoms with Gasteiger partial charge in [-0.05, 0) is 22.6 Å². The van der Waals surface area contributed by atoms with Crippen molar-refractivity contribution in [2.45, 2.75) is 19.6 Å². The molecule has 0 amide bonds. The van der Waals surface area contributed by atoms with Crippen molar-refractivity contribution in [3.63, 3.8) is 0 Å². The molecule has 66 valence electrons. The van der Waals surface area contributed by atoms with Crippen LogP contribution in [-0.2, 0) is 13.2 Å². The summed E-state index contributed by atoms with van der Waals surface area (Å²) in [7, 11) is 0. The zero-order valence-corrected chi connectivity index (χ0v) is 8.54. The monoisotopic (exact) mass is 282 g/mol. The molecule has 0 saturated carbocycles. The molecule has 0 radical (unpaired) electrons. The summed E-state index contributed by atoms with van der Waals surface area (Å²) in [6.07, 6.45) is 0.955. The minimum absolute atomic E-state index is 0.493. The fourth-order valence-corrected chi connectivity index (χ4v) is 1.92. The van der Waals surface area contributed by atoms with Gasteiger partial charge in [-0.2, -0.15) is 5.10 Å². The van der Waals surface area contributed by atoms with Crippen LogP contribution in [-0.4, -0.2) is 16.4 Å². The molecule has 3 nitrogen and oxygen atoms in total. The minimum Gasteiger partial charge on any atom is -0.477 e. The smallest absolute Gasteiger partial charge is 0.226 e. The van der Waals surface area contributed by atoms with Gasteiger partial charge in [0.05, 0.1) is 6.61 Å². The van der Waals surface area contributed by atoms with Crippen LogP contribution in [0.4, 0.5) is 4.39 Å². The van der Waals surface area contributed by atoms with E-state index in [1.54, 1.807) is 4.68 Å². The predicted molar refractivity (Wildman–Crippen MR) is 49.9 cm³/mol. The van der Waals surface area contributed by atoms with Gasteiger partial charge in [0.2, 0.25) is 5.88 Å². The van der Waals surface area contributed by atoms with Crippen molar-refractivity contribution in [2.24, 2.45) is 0 Å². The maximum Gasteiger partial charge on any atom is 0.226 e. The van der Waals surface area contributed by atoms with E-state index in [0.29, 0.717) is 12.3 Å². The lowest BCUT2D eigenvalue weighted by atomic mass is 10.4. The van der Waals surface area contributed by atoms with Crippen molar-refractivity contribution in [2.75, 3.05) is 6.61 Å². The van der Waals surface area contributed by atoms with E-state index in [1.165, 1.54) is 0 Å². The van der Waals surface area contributed by atoms with E-state index < -0.39 is 6.67 Å². The number of nitrogens with zero attached hydrogens (tertiary/aromatic N) is 2. The molecule has 1 aromatic rings. The highest BCUT2D eigenvalue weighted by Gasteiger charge is 2.19. The summed E-state index contributed by atoms with van der Waals surface area (Å²) in [4.78, 5) is 0. The summed E-state index contributed by atoms with van der Waals surface area (Å²) in [6, 6.07) is 0. The molecule has 0 fully saturated rings. The second kappa shape index (κ2) is 3.20. The standard InChI is InChI=1S/C7H8FIN2O/c8-4-5-6(9)7-11(10-5)2-1-3-12-7/h1-4H2. The van der Waals surface area contributed by atoms with E-state index in [0.717, 1.165) is 22.4 Å². The summed E-state index contributed by atoms with van der Waals surface area (Å²) in [5.41, 5.74) is 0.493. The van der Waals surface area contributed by atoms with Crippen LogP contribution >= 0.6 is 22.6 Å². The Morgan fingerprint density at radius 2 is 2.50 bits per heavy atom. The number of ether oxygens (including phenoxy) is 1. The number of aryl methyl sites for hydroxylation is 1. The number of halogens is 2. The molecule has 1 aliphatic rings. The third-order valence-corrected chi connectivity index (χ3v) is 2.88. The van der Waals surface area contributed by atoms with Gasteiger partial charge in [-0.3, -0.25) is 0 Å². The number of hydrogen-bond donors (Lipinski definition) is 0. The average molecular weight is 282 g/mol. The molecule has 0 aromatic carbocycles. The number of hydrogen-bond acceptors (Lipinski definition) is 2. The van der Waals surface area contributed by atoms with Gasteiger partial charge in [0, 0.05) is 13.0 Å². The number of alkyl halides is 1. The molecule has 0 unspecified atom stereocenters. The van der Waals surface area contributed by atoms with Crippen LogP contribution in [0.3, 0.4) is 0 Å². The highest BCUT2D eigenvalue weighted by molar-refractivity contribution is 14.1. The van der Waals surface area contributed by atoms with Crippen LogP contribution in [0, 0.1) is 3.57 Å². The second-order valence-corrected chi connectivity index (χ2v) is 3.70. The van der Waals surface area contributed by atoms with Crippen LogP contribution in [0.1, 0.15) is 12.1 Å². The van der Waals surface area contributed by atoms with Gasteiger partial charge in [0.15, 0.2) is 0 Å². The number of aromatic nitrogens is 2.